The van der Waals surface area contributed by atoms with Gasteiger partial charge in [-0.2, -0.15) is 0 Å². The maximum atomic E-state index is 13.1. The molecule has 158 valence electrons. The quantitative estimate of drug-likeness (QED) is 0.783. The summed E-state index contributed by atoms with van der Waals surface area (Å²) in [4.78, 5) is 30.0. The molecular weight excluding hydrogens is 368 g/mol. The average molecular weight is 401 g/mol. The Balaban J connectivity index is 1.34. The van der Waals surface area contributed by atoms with Crippen molar-refractivity contribution in [3.05, 3.63) is 34.9 Å². The number of amides is 2. The van der Waals surface area contributed by atoms with Crippen LogP contribution in [0.1, 0.15) is 47.2 Å². The Labute approximate surface area is 173 Å². The van der Waals surface area contributed by atoms with Crippen LogP contribution in [0, 0.1) is 25.7 Å². The molecule has 0 bridgehead atoms. The first-order valence-corrected chi connectivity index (χ1v) is 10.9. The molecular formula is C23H32N2O4. The minimum absolute atomic E-state index is 0.0449. The lowest BCUT2D eigenvalue weighted by atomic mass is 9.92. The van der Waals surface area contributed by atoms with Crippen LogP contribution in [0.3, 0.4) is 0 Å². The summed E-state index contributed by atoms with van der Waals surface area (Å²) in [7, 11) is 0. The van der Waals surface area contributed by atoms with E-state index in [1.807, 2.05) is 35.8 Å². The molecule has 4 rings (SSSR count). The Kier molecular flexibility index (Phi) is 6.20. The third-order valence-electron chi connectivity index (χ3n) is 6.41. The summed E-state index contributed by atoms with van der Waals surface area (Å²) in [5.41, 5.74) is 2.92. The molecule has 1 aromatic rings. The summed E-state index contributed by atoms with van der Waals surface area (Å²) in [6.07, 6.45) is 3.51. The molecule has 3 aliphatic rings. The van der Waals surface area contributed by atoms with E-state index in [0.29, 0.717) is 25.7 Å². The van der Waals surface area contributed by atoms with Crippen LogP contribution in [-0.4, -0.2) is 67.3 Å². The van der Waals surface area contributed by atoms with E-state index in [4.69, 9.17) is 9.47 Å². The second-order valence-corrected chi connectivity index (χ2v) is 8.74. The van der Waals surface area contributed by atoms with Crippen molar-refractivity contribution in [1.82, 2.24) is 9.80 Å². The zero-order chi connectivity index (χ0) is 20.4. The van der Waals surface area contributed by atoms with E-state index >= 15 is 0 Å². The molecule has 0 spiro atoms. The first-order valence-electron chi connectivity index (χ1n) is 10.9. The summed E-state index contributed by atoms with van der Waals surface area (Å²) < 4.78 is 11.3. The number of rotatable bonds is 3. The van der Waals surface area contributed by atoms with Crippen molar-refractivity contribution in [2.24, 2.45) is 11.8 Å². The predicted octanol–water partition coefficient (Wildman–Crippen LogP) is 2.77. The lowest BCUT2D eigenvalue weighted by Gasteiger charge is -2.38. The molecule has 3 aliphatic heterocycles. The van der Waals surface area contributed by atoms with Gasteiger partial charge in [0, 0.05) is 37.7 Å². The molecule has 29 heavy (non-hydrogen) atoms. The topological polar surface area (TPSA) is 59.1 Å². The van der Waals surface area contributed by atoms with Gasteiger partial charge in [-0.05, 0) is 51.7 Å². The SMILES string of the molecule is Cc1cc(C)cc(C(=O)N2CCCC(C(=O)N3CCC(C4OCCO4)CC3)C2)c1. The van der Waals surface area contributed by atoms with Crippen LogP contribution in [0.25, 0.3) is 0 Å². The number of benzene rings is 1. The molecule has 6 nitrogen and oxygen atoms in total. The van der Waals surface area contributed by atoms with Gasteiger partial charge < -0.3 is 19.3 Å². The van der Waals surface area contributed by atoms with Crippen LogP contribution >= 0.6 is 0 Å². The maximum absolute atomic E-state index is 13.1. The molecule has 3 fully saturated rings. The highest BCUT2D eigenvalue weighted by atomic mass is 16.7. The number of hydrogen-bond donors (Lipinski definition) is 0. The third kappa shape index (κ3) is 4.64. The van der Waals surface area contributed by atoms with Gasteiger partial charge in [0.25, 0.3) is 5.91 Å². The molecule has 0 N–H and O–H groups in total. The zero-order valence-electron chi connectivity index (χ0n) is 17.6. The molecule has 6 heteroatoms. The van der Waals surface area contributed by atoms with Crippen molar-refractivity contribution in [2.45, 2.75) is 45.8 Å². The lowest BCUT2D eigenvalue weighted by molar-refractivity contribution is -0.142. The van der Waals surface area contributed by atoms with Crippen molar-refractivity contribution in [3.63, 3.8) is 0 Å². The third-order valence-corrected chi connectivity index (χ3v) is 6.41. The van der Waals surface area contributed by atoms with E-state index in [0.717, 1.165) is 62.0 Å². The van der Waals surface area contributed by atoms with Gasteiger partial charge >= 0.3 is 0 Å². The van der Waals surface area contributed by atoms with Crippen LogP contribution in [0.2, 0.25) is 0 Å². The van der Waals surface area contributed by atoms with E-state index in [1.165, 1.54) is 0 Å². The molecule has 0 radical (unpaired) electrons. The van der Waals surface area contributed by atoms with Gasteiger partial charge in [0.2, 0.25) is 5.91 Å². The van der Waals surface area contributed by atoms with Gasteiger partial charge in [0.05, 0.1) is 19.1 Å². The van der Waals surface area contributed by atoms with E-state index in [9.17, 15) is 9.59 Å². The average Bonchev–Trinajstić information content (AvgIpc) is 3.27. The van der Waals surface area contributed by atoms with Crippen LogP contribution in [0.5, 0.6) is 0 Å². The second kappa shape index (κ2) is 8.84. The molecule has 1 unspecified atom stereocenters. The highest BCUT2D eigenvalue weighted by molar-refractivity contribution is 5.95. The monoisotopic (exact) mass is 400 g/mol. The minimum Gasteiger partial charge on any atom is -0.350 e. The number of carbonyl (C=O) groups excluding carboxylic acids is 2. The summed E-state index contributed by atoms with van der Waals surface area (Å²) >= 11 is 0. The molecule has 0 aliphatic carbocycles. The maximum Gasteiger partial charge on any atom is 0.253 e. The Bertz CT molecular complexity index is 731. The molecule has 3 saturated heterocycles. The minimum atomic E-state index is -0.0900. The number of likely N-dealkylation sites (tertiary alicyclic amines) is 2. The number of nitrogens with zero attached hydrogens (tertiary/aromatic N) is 2. The lowest BCUT2D eigenvalue weighted by Crippen LogP contribution is -2.49. The summed E-state index contributed by atoms with van der Waals surface area (Å²) in [5, 5.41) is 0. The first kappa shape index (κ1) is 20.4. The summed E-state index contributed by atoms with van der Waals surface area (Å²) in [5.74, 6) is 0.544. The summed E-state index contributed by atoms with van der Waals surface area (Å²) in [6.45, 7) is 8.15. The van der Waals surface area contributed by atoms with Gasteiger partial charge in [-0.1, -0.05) is 17.2 Å². The van der Waals surface area contributed by atoms with Crippen molar-refractivity contribution in [3.8, 4) is 0 Å². The van der Waals surface area contributed by atoms with Crippen molar-refractivity contribution in [2.75, 3.05) is 39.4 Å². The van der Waals surface area contributed by atoms with E-state index in [1.54, 1.807) is 0 Å². The molecule has 1 atom stereocenters. The number of aryl methyl sites for hydroxylation is 2. The van der Waals surface area contributed by atoms with Gasteiger partial charge in [-0.25, -0.2) is 0 Å². The van der Waals surface area contributed by atoms with Gasteiger partial charge in [0.15, 0.2) is 6.29 Å². The van der Waals surface area contributed by atoms with Crippen LogP contribution in [0.15, 0.2) is 18.2 Å². The van der Waals surface area contributed by atoms with Gasteiger partial charge in [-0.3, -0.25) is 9.59 Å². The fourth-order valence-electron chi connectivity index (χ4n) is 4.94. The van der Waals surface area contributed by atoms with Gasteiger partial charge in [-0.15, -0.1) is 0 Å². The number of hydrogen-bond acceptors (Lipinski definition) is 4. The Morgan fingerprint density at radius 2 is 1.55 bits per heavy atom. The van der Waals surface area contributed by atoms with Crippen LogP contribution < -0.4 is 0 Å². The number of ether oxygens (including phenoxy) is 2. The fourth-order valence-corrected chi connectivity index (χ4v) is 4.94. The largest absolute Gasteiger partial charge is 0.350 e. The zero-order valence-corrected chi connectivity index (χ0v) is 17.6. The Morgan fingerprint density at radius 3 is 2.21 bits per heavy atom. The van der Waals surface area contributed by atoms with Crippen molar-refractivity contribution >= 4 is 11.8 Å². The Morgan fingerprint density at radius 1 is 0.897 bits per heavy atom. The second-order valence-electron chi connectivity index (χ2n) is 8.74. The smallest absolute Gasteiger partial charge is 0.253 e. The van der Waals surface area contributed by atoms with E-state index < -0.39 is 0 Å². The van der Waals surface area contributed by atoms with Crippen molar-refractivity contribution < 1.29 is 19.1 Å². The standard InChI is InChI=1S/C23H32N2O4/c1-16-12-17(2)14-20(13-16)22(27)25-7-3-4-19(15-25)21(26)24-8-5-18(6-9-24)23-28-10-11-29-23/h12-14,18-19,23H,3-11,15H2,1-2H3. The molecule has 0 aromatic heterocycles. The normalized spacial score (nSPS) is 24.1. The predicted molar refractivity (Wildman–Crippen MR) is 110 cm³/mol. The molecule has 3 heterocycles. The number of piperidine rings is 2. The van der Waals surface area contributed by atoms with E-state index in [2.05, 4.69) is 6.07 Å². The molecule has 0 saturated carbocycles. The van der Waals surface area contributed by atoms with Gasteiger partial charge in [0.1, 0.15) is 0 Å². The Hall–Kier alpha value is -1.92. The number of carbonyl (C=O) groups is 2. The van der Waals surface area contributed by atoms with Crippen LogP contribution in [0.4, 0.5) is 0 Å². The highest BCUT2D eigenvalue weighted by Gasteiger charge is 2.36. The van der Waals surface area contributed by atoms with Crippen LogP contribution in [-0.2, 0) is 14.3 Å². The van der Waals surface area contributed by atoms with E-state index in [-0.39, 0.29) is 24.0 Å². The summed E-state index contributed by atoms with van der Waals surface area (Å²) in [6, 6.07) is 5.96. The highest BCUT2D eigenvalue weighted by Crippen LogP contribution is 2.28. The fraction of sp³-hybridized carbons (Fsp3) is 0.652. The molecule has 2 amide bonds. The van der Waals surface area contributed by atoms with Crippen molar-refractivity contribution in [1.29, 1.82) is 0 Å². The first-order chi connectivity index (χ1) is 14.0. The molecule has 1 aromatic carbocycles.